The lowest BCUT2D eigenvalue weighted by Crippen LogP contribution is -2.39. The van der Waals surface area contributed by atoms with Crippen molar-refractivity contribution in [3.63, 3.8) is 0 Å². The zero-order valence-electron chi connectivity index (χ0n) is 17.8. The molecule has 0 saturated heterocycles. The van der Waals surface area contributed by atoms with Crippen LogP contribution in [0.5, 0.6) is 5.88 Å². The number of rotatable bonds is 6. The molecule has 0 atom stereocenters. The summed E-state index contributed by atoms with van der Waals surface area (Å²) in [5.74, 6) is -1.87. The molecule has 2 aromatic rings. The number of nitrogens with zero attached hydrogens (tertiary/aromatic N) is 3. The van der Waals surface area contributed by atoms with Crippen molar-refractivity contribution in [2.24, 2.45) is 16.7 Å². The average molecular weight is 448 g/mol. The molecule has 2 N–H and O–H groups in total. The first-order chi connectivity index (χ1) is 14.5. The second-order valence-electron chi connectivity index (χ2n) is 10.0. The van der Waals surface area contributed by atoms with Crippen LogP contribution in [0.2, 0.25) is 5.15 Å². The van der Waals surface area contributed by atoms with Gasteiger partial charge in [0.25, 0.3) is 0 Å². The van der Waals surface area contributed by atoms with Gasteiger partial charge in [0.2, 0.25) is 11.7 Å². The highest BCUT2D eigenvalue weighted by Gasteiger charge is 2.90. The quantitative estimate of drug-likeness (QED) is 0.398. The van der Waals surface area contributed by atoms with Crippen molar-refractivity contribution in [1.29, 1.82) is 0 Å². The topological polar surface area (TPSA) is 107 Å². The molecule has 0 bridgehead atoms. The fraction of sp³-hybridized carbons (Fsp3) is 0.591. The maximum absolute atomic E-state index is 12.2. The van der Waals surface area contributed by atoms with Crippen LogP contribution in [0.1, 0.15) is 56.8 Å². The largest absolute Gasteiger partial charge is 0.471 e. The van der Waals surface area contributed by atoms with E-state index in [1.54, 1.807) is 39.1 Å². The summed E-state index contributed by atoms with van der Waals surface area (Å²) in [5.41, 5.74) is -0.173. The van der Waals surface area contributed by atoms with Crippen molar-refractivity contribution in [2.45, 2.75) is 57.8 Å². The van der Waals surface area contributed by atoms with Crippen molar-refractivity contribution < 1.29 is 24.5 Å². The molecule has 2 heterocycles. The molecule has 2 spiro atoms. The molecule has 5 rings (SSSR count). The lowest BCUT2D eigenvalue weighted by Gasteiger charge is -2.22. The summed E-state index contributed by atoms with van der Waals surface area (Å²) in [7, 11) is 0. The Labute approximate surface area is 185 Å². The van der Waals surface area contributed by atoms with E-state index in [-0.39, 0.29) is 40.0 Å². The van der Waals surface area contributed by atoms with Crippen LogP contribution in [0.15, 0.2) is 24.4 Å². The van der Waals surface area contributed by atoms with Crippen molar-refractivity contribution in [1.82, 2.24) is 14.8 Å². The van der Waals surface area contributed by atoms with Gasteiger partial charge in [0.15, 0.2) is 5.82 Å². The Hall–Kier alpha value is -2.16. The number of carbonyl (C=O) groups is 1. The fourth-order valence-corrected chi connectivity index (χ4v) is 5.51. The number of ether oxygens (including phenoxy) is 2. The monoisotopic (exact) mass is 447 g/mol. The molecular formula is C22H26ClN3O5. The Morgan fingerprint density at radius 2 is 1.84 bits per heavy atom. The minimum atomic E-state index is -1.85. The summed E-state index contributed by atoms with van der Waals surface area (Å²) >= 11 is 6.19. The summed E-state index contributed by atoms with van der Waals surface area (Å²) < 4.78 is 12.4. The van der Waals surface area contributed by atoms with Crippen LogP contribution < -0.4 is 4.74 Å². The molecule has 166 valence electrons. The standard InChI is InChI=1S/C22H26ClN3O5/c1-19(2,3)31-17(27)13-4-5-14(24-16(13)23)26-11-6-15(25-26)30-12-22(28,29)18-20(7-8-20)21(18)9-10-21/h4-6,11,18,28-29H,7-10,12H2,1-3H3. The van der Waals surface area contributed by atoms with Gasteiger partial charge in [0.05, 0.1) is 5.56 Å². The molecular weight excluding hydrogens is 422 g/mol. The van der Waals surface area contributed by atoms with E-state index in [2.05, 4.69) is 10.1 Å². The lowest BCUT2D eigenvalue weighted by molar-refractivity contribution is -0.203. The van der Waals surface area contributed by atoms with E-state index in [9.17, 15) is 15.0 Å². The van der Waals surface area contributed by atoms with Crippen LogP contribution in [0.25, 0.3) is 5.82 Å². The second kappa shape index (κ2) is 6.43. The first-order valence-corrected chi connectivity index (χ1v) is 10.9. The van der Waals surface area contributed by atoms with Crippen molar-refractivity contribution >= 4 is 17.6 Å². The van der Waals surface area contributed by atoms with Gasteiger partial charge in [0.1, 0.15) is 17.4 Å². The van der Waals surface area contributed by atoms with Gasteiger partial charge in [-0.3, -0.25) is 0 Å². The summed E-state index contributed by atoms with van der Waals surface area (Å²) in [4.78, 5) is 16.5. The third kappa shape index (κ3) is 3.41. The maximum Gasteiger partial charge on any atom is 0.341 e. The highest BCUT2D eigenvalue weighted by Crippen LogP contribution is 2.94. The minimum absolute atomic E-state index is 0.00708. The number of hydrogen-bond donors (Lipinski definition) is 2. The lowest BCUT2D eigenvalue weighted by atomic mass is 10.1. The first kappa shape index (κ1) is 20.7. The van der Waals surface area contributed by atoms with E-state index < -0.39 is 17.4 Å². The minimum Gasteiger partial charge on any atom is -0.471 e. The molecule has 9 heteroatoms. The predicted molar refractivity (Wildman–Crippen MR) is 111 cm³/mol. The molecule has 31 heavy (non-hydrogen) atoms. The third-order valence-electron chi connectivity index (χ3n) is 6.74. The van der Waals surface area contributed by atoms with Crippen LogP contribution in [-0.2, 0) is 4.74 Å². The molecule has 0 aliphatic heterocycles. The van der Waals surface area contributed by atoms with E-state index in [0.717, 1.165) is 25.7 Å². The van der Waals surface area contributed by atoms with E-state index in [1.807, 2.05) is 0 Å². The van der Waals surface area contributed by atoms with Gasteiger partial charge in [-0.15, -0.1) is 5.10 Å². The summed E-state index contributed by atoms with van der Waals surface area (Å²) in [6.45, 7) is 5.09. The van der Waals surface area contributed by atoms with Gasteiger partial charge >= 0.3 is 5.97 Å². The number of carbonyl (C=O) groups excluding carboxylic acids is 1. The Morgan fingerprint density at radius 3 is 2.39 bits per heavy atom. The van der Waals surface area contributed by atoms with E-state index in [0.29, 0.717) is 5.82 Å². The molecule has 0 unspecified atom stereocenters. The highest BCUT2D eigenvalue weighted by molar-refractivity contribution is 6.32. The number of esters is 1. The van der Waals surface area contributed by atoms with Gasteiger partial charge in [-0.25, -0.2) is 14.5 Å². The predicted octanol–water partition coefficient (Wildman–Crippen LogP) is 3.13. The normalized spacial score (nSPS) is 20.7. The Morgan fingerprint density at radius 1 is 1.19 bits per heavy atom. The van der Waals surface area contributed by atoms with E-state index in [4.69, 9.17) is 21.1 Å². The smallest absolute Gasteiger partial charge is 0.341 e. The van der Waals surface area contributed by atoms with Gasteiger partial charge in [-0.1, -0.05) is 11.6 Å². The molecule has 8 nitrogen and oxygen atoms in total. The number of halogens is 1. The molecule has 3 fully saturated rings. The maximum atomic E-state index is 12.2. The number of fused-ring (bicyclic) bond motifs is 1. The SMILES string of the molecule is CC(C)(C)OC(=O)c1ccc(-n2ccc(OCC(O)(O)C3C4(CC4)C34CC4)n2)nc1Cl. The fourth-order valence-electron chi connectivity index (χ4n) is 5.28. The molecule has 0 amide bonds. The molecule has 3 saturated carbocycles. The van der Waals surface area contributed by atoms with E-state index >= 15 is 0 Å². The second-order valence-corrected chi connectivity index (χ2v) is 10.4. The Bertz CT molecular complexity index is 1030. The van der Waals surface area contributed by atoms with Crippen LogP contribution in [0.3, 0.4) is 0 Å². The molecule has 0 radical (unpaired) electrons. The van der Waals surface area contributed by atoms with Crippen LogP contribution in [-0.4, -0.2) is 48.9 Å². The Balaban J connectivity index is 1.24. The number of aromatic nitrogens is 3. The molecule has 0 aromatic carbocycles. The summed E-state index contributed by atoms with van der Waals surface area (Å²) in [6.07, 6.45) is 5.96. The summed E-state index contributed by atoms with van der Waals surface area (Å²) in [5, 5.41) is 25.5. The highest BCUT2D eigenvalue weighted by atomic mass is 35.5. The van der Waals surface area contributed by atoms with Crippen LogP contribution in [0, 0.1) is 16.7 Å². The first-order valence-electron chi connectivity index (χ1n) is 10.5. The third-order valence-corrected chi connectivity index (χ3v) is 7.03. The number of hydrogen-bond acceptors (Lipinski definition) is 7. The van der Waals surface area contributed by atoms with Gasteiger partial charge in [0, 0.05) is 18.2 Å². The van der Waals surface area contributed by atoms with Crippen LogP contribution in [0.4, 0.5) is 0 Å². The number of pyridine rings is 1. The number of aliphatic hydroxyl groups is 2. The van der Waals surface area contributed by atoms with Crippen molar-refractivity contribution in [3.8, 4) is 11.7 Å². The summed E-state index contributed by atoms with van der Waals surface area (Å²) in [6, 6.07) is 4.74. The van der Waals surface area contributed by atoms with Gasteiger partial charge in [-0.2, -0.15) is 0 Å². The molecule has 3 aliphatic rings. The zero-order chi connectivity index (χ0) is 22.2. The zero-order valence-corrected chi connectivity index (χ0v) is 18.5. The van der Waals surface area contributed by atoms with Gasteiger partial charge in [-0.05, 0) is 69.4 Å². The Kier molecular flexibility index (Phi) is 4.30. The van der Waals surface area contributed by atoms with Crippen molar-refractivity contribution in [2.75, 3.05) is 6.61 Å². The van der Waals surface area contributed by atoms with Crippen LogP contribution >= 0.6 is 11.6 Å². The molecule has 3 aliphatic carbocycles. The van der Waals surface area contributed by atoms with Crippen molar-refractivity contribution in [3.05, 3.63) is 35.1 Å². The average Bonchev–Trinajstić information content (AvgIpc) is 3.62. The van der Waals surface area contributed by atoms with Gasteiger partial charge < -0.3 is 19.7 Å². The van der Waals surface area contributed by atoms with E-state index in [1.165, 1.54) is 10.7 Å². The molecule has 2 aromatic heterocycles.